The van der Waals surface area contributed by atoms with Crippen molar-refractivity contribution in [3.05, 3.63) is 81.9 Å². The molecule has 6 nitrogen and oxygen atoms in total. The molecule has 0 spiro atoms. The summed E-state index contributed by atoms with van der Waals surface area (Å²) in [7, 11) is 0. The third-order valence-electron chi connectivity index (χ3n) is 8.55. The number of benzene rings is 1. The average Bonchev–Trinajstić information content (AvgIpc) is 2.86. The first-order chi connectivity index (χ1) is 19.1. The van der Waals surface area contributed by atoms with E-state index in [4.69, 9.17) is 4.74 Å². The molecule has 1 aliphatic carbocycles. The molecule has 0 amide bonds. The maximum absolute atomic E-state index is 13.6. The van der Waals surface area contributed by atoms with Crippen LogP contribution < -0.4 is 0 Å². The molecule has 222 valence electrons. The van der Waals surface area contributed by atoms with Gasteiger partial charge in [0.25, 0.3) is 0 Å². The number of allylic oxidation sites excluding steroid dienone is 5. The molecule has 2 N–H and O–H groups in total. The number of aliphatic carboxylic acids is 1. The number of carboxylic acids is 1. The molecule has 0 saturated carbocycles. The number of hydrogen-bond acceptors (Lipinski definition) is 5. The standard InChI is InChI=1S/C35H46O6/c1-21(2)14-15-25-20-35(17-16-22(3)4)31(39)29(27(36)18-23(5)6)33(40)41-32(35)30(34(25,7)8)26(19-28(37)38)24-12-10-9-11-13-24/h9-14,16,23,25-26,39H,15,17-20H2,1-8H3,(H,37,38)/t25-,26-,35-/m1/s1. The highest BCUT2D eigenvalue weighted by molar-refractivity contribution is 6.18. The van der Waals surface area contributed by atoms with E-state index in [0.717, 1.165) is 16.7 Å². The topological polar surface area (TPSA) is 101 Å². The second kappa shape index (κ2) is 12.6. The number of hydrogen-bond donors (Lipinski definition) is 2. The van der Waals surface area contributed by atoms with Gasteiger partial charge in [0.15, 0.2) is 5.78 Å². The predicted octanol–water partition coefficient (Wildman–Crippen LogP) is 8.23. The molecule has 0 fully saturated rings. The Labute approximate surface area is 244 Å². The van der Waals surface area contributed by atoms with Gasteiger partial charge < -0.3 is 14.9 Å². The molecule has 41 heavy (non-hydrogen) atoms. The number of ketones is 1. The van der Waals surface area contributed by atoms with Crippen LogP contribution in [0.1, 0.15) is 99.0 Å². The lowest BCUT2D eigenvalue weighted by molar-refractivity contribution is -0.143. The van der Waals surface area contributed by atoms with Crippen LogP contribution in [0.4, 0.5) is 0 Å². The van der Waals surface area contributed by atoms with E-state index in [1.54, 1.807) is 0 Å². The van der Waals surface area contributed by atoms with Crippen LogP contribution in [0, 0.1) is 22.7 Å². The van der Waals surface area contributed by atoms with Crippen LogP contribution in [0.2, 0.25) is 0 Å². The van der Waals surface area contributed by atoms with Gasteiger partial charge in [-0.1, -0.05) is 81.3 Å². The highest BCUT2D eigenvalue weighted by Gasteiger charge is 2.58. The molecule has 0 aromatic heterocycles. The predicted molar refractivity (Wildman–Crippen MR) is 161 cm³/mol. The number of carbonyl (C=O) groups is 3. The van der Waals surface area contributed by atoms with Crippen LogP contribution in [-0.4, -0.2) is 27.9 Å². The van der Waals surface area contributed by atoms with E-state index in [1.807, 2.05) is 78.0 Å². The van der Waals surface area contributed by atoms with Crippen LogP contribution in [0.3, 0.4) is 0 Å². The maximum atomic E-state index is 13.6. The first kappa shape index (κ1) is 32.1. The minimum absolute atomic E-state index is 0.00874. The zero-order valence-corrected chi connectivity index (χ0v) is 25.8. The molecule has 0 unspecified atom stereocenters. The fraction of sp³-hybridized carbons (Fsp3) is 0.514. The van der Waals surface area contributed by atoms with Gasteiger partial charge in [0, 0.05) is 12.3 Å². The summed E-state index contributed by atoms with van der Waals surface area (Å²) < 4.78 is 6.18. The molecule has 0 saturated heterocycles. The van der Waals surface area contributed by atoms with Gasteiger partial charge in [-0.3, -0.25) is 9.59 Å². The Morgan fingerprint density at radius 2 is 1.63 bits per heavy atom. The summed E-state index contributed by atoms with van der Waals surface area (Å²) in [6.45, 7) is 15.9. The molecular formula is C35H46O6. The van der Waals surface area contributed by atoms with Gasteiger partial charge in [0.05, 0.1) is 11.8 Å². The summed E-state index contributed by atoms with van der Waals surface area (Å²) in [6, 6.07) is 9.41. The van der Waals surface area contributed by atoms with E-state index < -0.39 is 34.5 Å². The van der Waals surface area contributed by atoms with E-state index in [-0.39, 0.29) is 36.0 Å². The summed E-state index contributed by atoms with van der Waals surface area (Å²) in [6.07, 6.45) is 5.52. The van der Waals surface area contributed by atoms with E-state index in [2.05, 4.69) is 19.9 Å². The zero-order chi connectivity index (χ0) is 30.7. The van der Waals surface area contributed by atoms with Crippen molar-refractivity contribution in [1.82, 2.24) is 0 Å². The minimum atomic E-state index is -1.18. The Balaban J connectivity index is 2.48. The summed E-state index contributed by atoms with van der Waals surface area (Å²) in [5, 5.41) is 22.1. The molecular weight excluding hydrogens is 516 g/mol. The van der Waals surface area contributed by atoms with E-state index >= 15 is 0 Å². The second-order valence-corrected chi connectivity index (χ2v) is 13.1. The normalized spacial score (nSPS) is 22.6. The third-order valence-corrected chi connectivity index (χ3v) is 8.55. The van der Waals surface area contributed by atoms with Crippen LogP contribution in [0.5, 0.6) is 0 Å². The number of esters is 1. The Hall–Kier alpha value is -3.41. The summed E-state index contributed by atoms with van der Waals surface area (Å²) >= 11 is 0. The van der Waals surface area contributed by atoms with Gasteiger partial charge in [-0.2, -0.15) is 0 Å². The fourth-order valence-corrected chi connectivity index (χ4v) is 6.35. The van der Waals surface area contributed by atoms with Crippen molar-refractivity contribution < 1.29 is 29.3 Å². The molecule has 3 rings (SSSR count). The van der Waals surface area contributed by atoms with Crippen molar-refractivity contribution in [2.45, 2.75) is 93.4 Å². The van der Waals surface area contributed by atoms with Gasteiger partial charge in [-0.25, -0.2) is 4.79 Å². The van der Waals surface area contributed by atoms with Gasteiger partial charge in [-0.15, -0.1) is 0 Å². The van der Waals surface area contributed by atoms with Gasteiger partial charge in [0.2, 0.25) is 0 Å². The zero-order valence-electron chi connectivity index (χ0n) is 25.8. The molecule has 1 aromatic carbocycles. The summed E-state index contributed by atoms with van der Waals surface area (Å²) in [4.78, 5) is 39.2. The number of Topliss-reactive ketones (excluding diaryl/α,β-unsaturated/α-hetero) is 1. The molecule has 6 heteroatoms. The van der Waals surface area contributed by atoms with Crippen LogP contribution in [0.15, 0.2) is 76.3 Å². The molecule has 1 heterocycles. The Bertz CT molecular complexity index is 1300. The number of aliphatic hydroxyl groups is 1. The Morgan fingerprint density at radius 1 is 1.02 bits per heavy atom. The number of aliphatic hydroxyl groups excluding tert-OH is 1. The van der Waals surface area contributed by atoms with Crippen molar-refractivity contribution in [3.63, 3.8) is 0 Å². The van der Waals surface area contributed by atoms with Crippen molar-refractivity contribution in [3.8, 4) is 0 Å². The smallest absolute Gasteiger partial charge is 0.350 e. The van der Waals surface area contributed by atoms with Crippen LogP contribution in [0.25, 0.3) is 0 Å². The van der Waals surface area contributed by atoms with Gasteiger partial charge in [0.1, 0.15) is 17.1 Å². The molecule has 0 radical (unpaired) electrons. The summed E-state index contributed by atoms with van der Waals surface area (Å²) in [5.41, 5.74) is 1.63. The highest BCUT2D eigenvalue weighted by atomic mass is 16.5. The quantitative estimate of drug-likeness (QED) is 0.160. The summed E-state index contributed by atoms with van der Waals surface area (Å²) in [5.74, 6) is -2.87. The number of carbonyl (C=O) groups excluding carboxylic acids is 2. The minimum Gasteiger partial charge on any atom is -0.510 e. The van der Waals surface area contributed by atoms with E-state index in [0.29, 0.717) is 30.6 Å². The monoisotopic (exact) mass is 562 g/mol. The van der Waals surface area contributed by atoms with Crippen LogP contribution >= 0.6 is 0 Å². The average molecular weight is 563 g/mol. The Morgan fingerprint density at radius 3 is 2.17 bits per heavy atom. The number of ether oxygens (including phenoxy) is 1. The molecule has 1 aromatic rings. The highest BCUT2D eigenvalue weighted by Crippen LogP contribution is 2.63. The first-order valence-corrected chi connectivity index (χ1v) is 14.6. The number of fused-ring (bicyclic) bond motifs is 1. The molecule has 3 atom stereocenters. The van der Waals surface area contributed by atoms with E-state index in [1.165, 1.54) is 0 Å². The van der Waals surface area contributed by atoms with Crippen molar-refractivity contribution >= 4 is 17.7 Å². The molecule has 0 bridgehead atoms. The first-order valence-electron chi connectivity index (χ1n) is 14.6. The maximum Gasteiger partial charge on any atom is 0.350 e. The second-order valence-electron chi connectivity index (χ2n) is 13.1. The largest absolute Gasteiger partial charge is 0.510 e. The van der Waals surface area contributed by atoms with Crippen molar-refractivity contribution in [2.75, 3.05) is 0 Å². The third kappa shape index (κ3) is 6.74. The van der Waals surface area contributed by atoms with Crippen molar-refractivity contribution in [2.24, 2.45) is 22.7 Å². The number of carboxylic acid groups (broad SMARTS) is 1. The SMILES string of the molecule is CC(C)=CC[C@@H]1C[C@]2(CC=C(C)C)C(O)=C(C(=O)CC(C)C)C(=O)OC2=C([C@H](CC(=O)O)c2ccccc2)C1(C)C. The van der Waals surface area contributed by atoms with E-state index in [9.17, 15) is 24.6 Å². The van der Waals surface area contributed by atoms with Gasteiger partial charge >= 0.3 is 11.9 Å². The Kier molecular flexibility index (Phi) is 9.89. The lowest BCUT2D eigenvalue weighted by Gasteiger charge is -2.53. The van der Waals surface area contributed by atoms with Crippen LogP contribution in [-0.2, 0) is 19.1 Å². The molecule has 1 aliphatic heterocycles. The number of rotatable bonds is 11. The fourth-order valence-electron chi connectivity index (χ4n) is 6.35. The lowest BCUT2D eigenvalue weighted by atomic mass is 9.53. The van der Waals surface area contributed by atoms with Gasteiger partial charge in [-0.05, 0) is 75.3 Å². The molecule has 2 aliphatic rings. The van der Waals surface area contributed by atoms with Crippen molar-refractivity contribution in [1.29, 1.82) is 0 Å². The lowest BCUT2D eigenvalue weighted by Crippen LogP contribution is -2.48.